The van der Waals surface area contributed by atoms with Crippen LogP contribution in [-0.4, -0.2) is 19.7 Å². The molecule has 0 fully saturated rings. The Hall–Kier alpha value is -1.44. The minimum Gasteiger partial charge on any atom is -0.299 e. The number of Topliss-reactive ketones (excluding diaryl/α,β-unsaturated/α-hetero) is 1. The lowest BCUT2D eigenvalue weighted by Gasteiger charge is -2.16. The van der Waals surface area contributed by atoms with Crippen LogP contribution in [0.5, 0.6) is 0 Å². The first-order chi connectivity index (χ1) is 8.48. The Balaban J connectivity index is 3.60. The zero-order valence-corrected chi connectivity index (χ0v) is 10.8. The largest absolute Gasteiger partial charge is 0.501 e. The second-order valence-corrected chi connectivity index (χ2v) is 5.87. The first-order valence-corrected chi connectivity index (χ1v) is 6.58. The molecule has 1 rings (SSSR count). The lowest BCUT2D eigenvalue weighted by molar-refractivity contribution is -0.118. The molecule has 0 heterocycles. The maximum Gasteiger partial charge on any atom is 0.501 e. The van der Waals surface area contributed by atoms with Crippen LogP contribution in [0.3, 0.4) is 0 Å². The van der Waals surface area contributed by atoms with E-state index in [2.05, 4.69) is 0 Å². The lowest BCUT2D eigenvalue weighted by Crippen LogP contribution is -2.25. The summed E-state index contributed by atoms with van der Waals surface area (Å²) in [7, 11) is -5.70. The van der Waals surface area contributed by atoms with Crippen molar-refractivity contribution in [2.45, 2.75) is 30.2 Å². The molecule has 0 amide bonds. The van der Waals surface area contributed by atoms with Gasteiger partial charge in [0, 0.05) is 5.92 Å². The van der Waals surface area contributed by atoms with E-state index in [0.717, 1.165) is 19.1 Å². The van der Waals surface area contributed by atoms with Crippen molar-refractivity contribution in [1.29, 1.82) is 0 Å². The second kappa shape index (κ2) is 4.92. The minimum atomic E-state index is -5.70. The molecule has 0 saturated heterocycles. The van der Waals surface area contributed by atoms with Crippen LogP contribution in [0.1, 0.15) is 25.3 Å². The minimum absolute atomic E-state index is 0.275. The summed E-state index contributed by atoms with van der Waals surface area (Å²) in [4.78, 5) is 9.97. The summed E-state index contributed by atoms with van der Waals surface area (Å²) in [6, 6.07) is 1.96. The number of carbonyl (C=O) groups is 1. The molecule has 0 aliphatic heterocycles. The summed E-state index contributed by atoms with van der Waals surface area (Å²) in [5.74, 6) is -2.72. The van der Waals surface area contributed by atoms with Gasteiger partial charge in [-0.3, -0.25) is 4.79 Å². The van der Waals surface area contributed by atoms with E-state index in [9.17, 15) is 30.8 Å². The van der Waals surface area contributed by atoms with Gasteiger partial charge in [0.05, 0.1) is 4.90 Å². The third-order valence-corrected chi connectivity index (χ3v) is 4.19. The Morgan fingerprint density at radius 3 is 2.21 bits per heavy atom. The molecule has 8 heteroatoms. The number of hydrogen-bond donors (Lipinski definition) is 0. The fourth-order valence-corrected chi connectivity index (χ4v) is 2.51. The first kappa shape index (κ1) is 15.6. The Bertz CT molecular complexity index is 605. The van der Waals surface area contributed by atoms with Gasteiger partial charge in [-0.25, -0.2) is 12.8 Å². The summed E-state index contributed by atoms with van der Waals surface area (Å²) in [5, 5.41) is 0. The van der Waals surface area contributed by atoms with Crippen LogP contribution >= 0.6 is 0 Å². The summed E-state index contributed by atoms with van der Waals surface area (Å²) in [5.41, 5.74) is -5.92. The smallest absolute Gasteiger partial charge is 0.299 e. The van der Waals surface area contributed by atoms with Crippen molar-refractivity contribution in [3.8, 4) is 0 Å². The monoisotopic (exact) mass is 298 g/mol. The van der Waals surface area contributed by atoms with Crippen LogP contribution in [0.4, 0.5) is 17.6 Å². The van der Waals surface area contributed by atoms with Gasteiger partial charge in [-0.15, -0.1) is 0 Å². The number of carbonyl (C=O) groups excluding carboxylic acids is 1. The van der Waals surface area contributed by atoms with Gasteiger partial charge in [0.25, 0.3) is 9.84 Å². The molecule has 106 valence electrons. The molecule has 0 saturated carbocycles. The fourth-order valence-electron chi connectivity index (χ4n) is 1.44. The summed E-state index contributed by atoms with van der Waals surface area (Å²) < 4.78 is 73.2. The van der Waals surface area contributed by atoms with E-state index in [1.165, 1.54) is 6.92 Å². The Labute approximate surface area is 107 Å². The zero-order valence-electron chi connectivity index (χ0n) is 9.95. The van der Waals surface area contributed by atoms with E-state index in [1.807, 2.05) is 0 Å². The molecule has 0 aliphatic rings. The predicted octanol–water partition coefficient (Wildman–Crippen LogP) is 2.81. The number of benzene rings is 1. The van der Waals surface area contributed by atoms with Crippen molar-refractivity contribution >= 4 is 15.6 Å². The van der Waals surface area contributed by atoms with Crippen molar-refractivity contribution in [3.63, 3.8) is 0 Å². The van der Waals surface area contributed by atoms with Crippen LogP contribution in [0.15, 0.2) is 23.1 Å². The SMILES string of the molecule is CC(=O)C(C)c1ccc(F)cc1S(=O)(=O)C(F)(F)F. The average Bonchev–Trinajstić information content (AvgIpc) is 2.26. The van der Waals surface area contributed by atoms with Gasteiger partial charge in [0.15, 0.2) is 0 Å². The normalized spacial score (nSPS) is 14.2. The molecule has 1 atom stereocenters. The molecule has 0 N–H and O–H groups in total. The van der Waals surface area contributed by atoms with E-state index in [4.69, 9.17) is 0 Å². The maximum absolute atomic E-state index is 13.0. The number of alkyl halides is 3. The van der Waals surface area contributed by atoms with E-state index in [-0.39, 0.29) is 11.6 Å². The van der Waals surface area contributed by atoms with Crippen molar-refractivity contribution < 1.29 is 30.8 Å². The summed E-state index contributed by atoms with van der Waals surface area (Å²) in [6.07, 6.45) is 0. The molecule has 0 aliphatic carbocycles. The van der Waals surface area contributed by atoms with Gasteiger partial charge in [-0.1, -0.05) is 13.0 Å². The Morgan fingerprint density at radius 1 is 1.26 bits per heavy atom. The molecule has 1 unspecified atom stereocenters. The van der Waals surface area contributed by atoms with E-state index in [1.54, 1.807) is 0 Å². The van der Waals surface area contributed by atoms with E-state index >= 15 is 0 Å². The topological polar surface area (TPSA) is 51.2 Å². The van der Waals surface area contributed by atoms with E-state index < -0.39 is 37.8 Å². The highest BCUT2D eigenvalue weighted by Gasteiger charge is 2.48. The number of ketones is 1. The molecule has 0 radical (unpaired) electrons. The fraction of sp³-hybridized carbons (Fsp3) is 0.364. The van der Waals surface area contributed by atoms with Gasteiger partial charge < -0.3 is 0 Å². The first-order valence-electron chi connectivity index (χ1n) is 5.09. The van der Waals surface area contributed by atoms with Crippen molar-refractivity contribution in [3.05, 3.63) is 29.6 Å². The molecule has 3 nitrogen and oxygen atoms in total. The van der Waals surface area contributed by atoms with Crippen molar-refractivity contribution in [2.24, 2.45) is 0 Å². The highest BCUT2D eigenvalue weighted by molar-refractivity contribution is 7.92. The summed E-state index contributed by atoms with van der Waals surface area (Å²) >= 11 is 0. The maximum atomic E-state index is 13.0. The van der Waals surface area contributed by atoms with E-state index in [0.29, 0.717) is 0 Å². The Morgan fingerprint density at radius 2 is 1.79 bits per heavy atom. The molecule has 1 aromatic carbocycles. The Kier molecular flexibility index (Phi) is 4.04. The quantitative estimate of drug-likeness (QED) is 0.806. The highest BCUT2D eigenvalue weighted by Crippen LogP contribution is 2.35. The molecule has 0 spiro atoms. The number of hydrogen-bond acceptors (Lipinski definition) is 3. The van der Waals surface area contributed by atoms with Crippen LogP contribution in [0, 0.1) is 5.82 Å². The van der Waals surface area contributed by atoms with Crippen LogP contribution < -0.4 is 0 Å². The van der Waals surface area contributed by atoms with Crippen molar-refractivity contribution in [2.75, 3.05) is 0 Å². The van der Waals surface area contributed by atoms with Gasteiger partial charge in [0.2, 0.25) is 0 Å². The van der Waals surface area contributed by atoms with Crippen molar-refractivity contribution in [1.82, 2.24) is 0 Å². The van der Waals surface area contributed by atoms with Crippen LogP contribution in [-0.2, 0) is 14.6 Å². The van der Waals surface area contributed by atoms with Crippen LogP contribution in [0.2, 0.25) is 0 Å². The third kappa shape index (κ3) is 2.94. The predicted molar refractivity (Wildman–Crippen MR) is 58.7 cm³/mol. The van der Waals surface area contributed by atoms with Gasteiger partial charge >= 0.3 is 5.51 Å². The lowest BCUT2D eigenvalue weighted by atomic mass is 9.97. The number of sulfone groups is 1. The van der Waals surface area contributed by atoms with Gasteiger partial charge in [0.1, 0.15) is 11.6 Å². The molecular weight excluding hydrogens is 288 g/mol. The van der Waals surface area contributed by atoms with Gasteiger partial charge in [-0.2, -0.15) is 13.2 Å². The zero-order chi connectivity index (χ0) is 15.0. The molecule has 0 bridgehead atoms. The number of halogens is 4. The molecule has 1 aromatic rings. The molecular formula is C11H10F4O3S. The highest BCUT2D eigenvalue weighted by atomic mass is 32.2. The third-order valence-electron chi connectivity index (χ3n) is 2.65. The standard InChI is InChI=1S/C11H10F4O3S/c1-6(7(2)16)9-4-3-8(12)5-10(9)19(17,18)11(13,14)15/h3-6H,1-2H3. The molecule has 19 heavy (non-hydrogen) atoms. The average molecular weight is 298 g/mol. The van der Waals surface area contributed by atoms with Crippen LogP contribution in [0.25, 0.3) is 0 Å². The van der Waals surface area contributed by atoms with Gasteiger partial charge in [-0.05, 0) is 24.6 Å². The molecule has 0 aromatic heterocycles. The summed E-state index contributed by atoms with van der Waals surface area (Å²) in [6.45, 7) is 2.36. The second-order valence-electron chi connectivity index (χ2n) is 3.96. The number of rotatable bonds is 3.